The van der Waals surface area contributed by atoms with Gasteiger partial charge in [-0.3, -0.25) is 4.79 Å². The Kier molecular flexibility index (Phi) is 3.56. The van der Waals surface area contributed by atoms with Gasteiger partial charge in [0.15, 0.2) is 0 Å². The Balaban J connectivity index is 2.69. The Morgan fingerprint density at radius 3 is 2.36 bits per heavy atom. The van der Waals surface area contributed by atoms with E-state index in [0.29, 0.717) is 5.56 Å². The van der Waals surface area contributed by atoms with Gasteiger partial charge in [-0.25, -0.2) is 8.78 Å². The Bertz CT molecular complexity index is 306. The fourth-order valence-corrected chi connectivity index (χ4v) is 1.02. The molecule has 4 heteroatoms. The number of hydrogen-bond acceptors (Lipinski definition) is 2. The van der Waals surface area contributed by atoms with Gasteiger partial charge in [0.1, 0.15) is 0 Å². The molecule has 2 nitrogen and oxygen atoms in total. The molecule has 0 heterocycles. The first-order chi connectivity index (χ1) is 6.63. The number of carbonyl (C=O) groups excluding carboxylic acids is 1. The van der Waals surface area contributed by atoms with Crippen LogP contribution in [0.2, 0.25) is 0 Å². The van der Waals surface area contributed by atoms with Crippen molar-refractivity contribution in [3.05, 3.63) is 35.4 Å². The van der Waals surface area contributed by atoms with Gasteiger partial charge in [0, 0.05) is 5.56 Å². The minimum Gasteiger partial charge on any atom is -0.469 e. The molecule has 0 N–H and O–H groups in total. The Labute approximate surface area is 80.5 Å². The molecule has 1 aromatic rings. The molecule has 76 valence electrons. The van der Waals surface area contributed by atoms with Gasteiger partial charge >= 0.3 is 5.97 Å². The van der Waals surface area contributed by atoms with E-state index in [1.54, 1.807) is 0 Å². The van der Waals surface area contributed by atoms with E-state index in [1.807, 2.05) is 0 Å². The zero-order valence-electron chi connectivity index (χ0n) is 7.67. The standard InChI is InChI=1S/C10H10F2O2/c1-14-9(13)6-7-2-4-8(5-3-7)10(11)12/h2-5,10H,6H2,1H3. The number of benzene rings is 1. The molecule has 0 aliphatic carbocycles. The van der Waals surface area contributed by atoms with Crippen molar-refractivity contribution in [3.63, 3.8) is 0 Å². The number of carbonyl (C=O) groups is 1. The van der Waals surface area contributed by atoms with Crippen LogP contribution in [0.3, 0.4) is 0 Å². The highest BCUT2D eigenvalue weighted by Gasteiger charge is 2.07. The second-order valence-electron chi connectivity index (χ2n) is 2.80. The van der Waals surface area contributed by atoms with Crippen molar-refractivity contribution >= 4 is 5.97 Å². The van der Waals surface area contributed by atoms with Gasteiger partial charge in [0.05, 0.1) is 13.5 Å². The van der Waals surface area contributed by atoms with Crippen LogP contribution in [-0.2, 0) is 16.0 Å². The van der Waals surface area contributed by atoms with Gasteiger partial charge in [-0.15, -0.1) is 0 Å². The van der Waals surface area contributed by atoms with Crippen molar-refractivity contribution < 1.29 is 18.3 Å². The lowest BCUT2D eigenvalue weighted by atomic mass is 10.1. The Morgan fingerprint density at radius 1 is 1.36 bits per heavy atom. The predicted octanol–water partition coefficient (Wildman–Crippen LogP) is 2.34. The predicted molar refractivity (Wildman–Crippen MR) is 47.1 cm³/mol. The van der Waals surface area contributed by atoms with Crippen LogP contribution < -0.4 is 0 Å². The molecule has 0 aromatic heterocycles. The third-order valence-electron chi connectivity index (χ3n) is 1.81. The van der Waals surface area contributed by atoms with Crippen molar-refractivity contribution in [2.45, 2.75) is 12.8 Å². The smallest absolute Gasteiger partial charge is 0.309 e. The summed E-state index contributed by atoms with van der Waals surface area (Å²) in [6.07, 6.45) is -2.36. The van der Waals surface area contributed by atoms with Crippen molar-refractivity contribution in [1.82, 2.24) is 0 Å². The number of hydrogen-bond donors (Lipinski definition) is 0. The summed E-state index contributed by atoms with van der Waals surface area (Å²) in [4.78, 5) is 10.8. The SMILES string of the molecule is COC(=O)Cc1ccc(C(F)F)cc1. The van der Waals surface area contributed by atoms with Crippen LogP contribution in [0.4, 0.5) is 8.78 Å². The van der Waals surface area contributed by atoms with Crippen molar-refractivity contribution in [2.75, 3.05) is 7.11 Å². The van der Waals surface area contributed by atoms with E-state index in [4.69, 9.17) is 0 Å². The molecule has 0 aliphatic rings. The van der Waals surface area contributed by atoms with Crippen molar-refractivity contribution in [1.29, 1.82) is 0 Å². The van der Waals surface area contributed by atoms with E-state index in [-0.39, 0.29) is 18.0 Å². The molecule has 0 radical (unpaired) electrons. The third kappa shape index (κ3) is 2.80. The summed E-state index contributed by atoms with van der Waals surface area (Å²) in [5, 5.41) is 0. The highest BCUT2D eigenvalue weighted by atomic mass is 19.3. The Morgan fingerprint density at radius 2 is 1.93 bits per heavy atom. The minimum atomic E-state index is -2.47. The molecule has 0 amide bonds. The summed E-state index contributed by atoms with van der Waals surface area (Å²) in [5.41, 5.74) is 0.625. The number of ether oxygens (including phenoxy) is 1. The summed E-state index contributed by atoms with van der Waals surface area (Å²) >= 11 is 0. The second kappa shape index (κ2) is 4.69. The number of alkyl halides is 2. The van der Waals surface area contributed by atoms with Gasteiger partial charge in [-0.1, -0.05) is 24.3 Å². The van der Waals surface area contributed by atoms with Gasteiger partial charge in [0.2, 0.25) is 0 Å². The Hall–Kier alpha value is -1.45. The van der Waals surface area contributed by atoms with Crippen molar-refractivity contribution in [3.8, 4) is 0 Å². The number of esters is 1. The fourth-order valence-electron chi connectivity index (χ4n) is 1.02. The number of halogens is 2. The molecule has 0 unspecified atom stereocenters. The van der Waals surface area contributed by atoms with Gasteiger partial charge in [-0.2, -0.15) is 0 Å². The molecule has 1 rings (SSSR count). The largest absolute Gasteiger partial charge is 0.469 e. The average Bonchev–Trinajstić information content (AvgIpc) is 2.18. The fraction of sp³-hybridized carbons (Fsp3) is 0.300. The van der Waals surface area contributed by atoms with Gasteiger partial charge in [0.25, 0.3) is 6.43 Å². The monoisotopic (exact) mass is 200 g/mol. The van der Waals surface area contributed by atoms with E-state index < -0.39 is 6.43 Å². The molecule has 0 saturated heterocycles. The summed E-state index contributed by atoms with van der Waals surface area (Å²) in [6.45, 7) is 0. The van der Waals surface area contributed by atoms with Crippen LogP contribution in [0, 0.1) is 0 Å². The van der Waals surface area contributed by atoms with Crippen LogP contribution in [0.5, 0.6) is 0 Å². The number of methoxy groups -OCH3 is 1. The molecular weight excluding hydrogens is 190 g/mol. The van der Waals surface area contributed by atoms with Crippen LogP contribution >= 0.6 is 0 Å². The average molecular weight is 200 g/mol. The molecule has 1 aromatic carbocycles. The van der Waals surface area contributed by atoms with Crippen molar-refractivity contribution in [2.24, 2.45) is 0 Å². The first-order valence-electron chi connectivity index (χ1n) is 4.07. The molecule has 0 bridgehead atoms. The summed E-state index contributed by atoms with van der Waals surface area (Å²) in [5.74, 6) is -0.380. The molecule has 0 spiro atoms. The zero-order valence-corrected chi connectivity index (χ0v) is 7.67. The lowest BCUT2D eigenvalue weighted by Gasteiger charge is -2.02. The van der Waals surface area contributed by atoms with E-state index in [1.165, 1.54) is 31.4 Å². The summed E-state index contributed by atoms with van der Waals surface area (Å²) in [7, 11) is 1.29. The maximum absolute atomic E-state index is 12.1. The van der Waals surface area contributed by atoms with Crippen LogP contribution in [-0.4, -0.2) is 13.1 Å². The molecule has 0 saturated carbocycles. The molecular formula is C10H10F2O2. The molecule has 0 fully saturated rings. The van der Waals surface area contributed by atoms with E-state index in [0.717, 1.165) is 0 Å². The van der Waals surface area contributed by atoms with E-state index in [9.17, 15) is 13.6 Å². The first kappa shape index (κ1) is 10.6. The lowest BCUT2D eigenvalue weighted by Crippen LogP contribution is -2.04. The highest BCUT2D eigenvalue weighted by molar-refractivity contribution is 5.72. The molecule has 0 atom stereocenters. The quantitative estimate of drug-likeness (QED) is 0.700. The first-order valence-corrected chi connectivity index (χ1v) is 4.07. The molecule has 0 aliphatic heterocycles. The second-order valence-corrected chi connectivity index (χ2v) is 2.80. The number of rotatable bonds is 3. The maximum Gasteiger partial charge on any atom is 0.309 e. The highest BCUT2D eigenvalue weighted by Crippen LogP contribution is 2.18. The topological polar surface area (TPSA) is 26.3 Å². The normalized spacial score (nSPS) is 10.3. The summed E-state index contributed by atoms with van der Waals surface area (Å²) < 4.78 is 28.7. The summed E-state index contributed by atoms with van der Waals surface area (Å²) in [6, 6.07) is 5.61. The van der Waals surface area contributed by atoms with E-state index >= 15 is 0 Å². The van der Waals surface area contributed by atoms with Crippen LogP contribution in [0.1, 0.15) is 17.6 Å². The minimum absolute atomic E-state index is 0.0429. The zero-order chi connectivity index (χ0) is 10.6. The van der Waals surface area contributed by atoms with Gasteiger partial charge in [-0.05, 0) is 5.56 Å². The van der Waals surface area contributed by atoms with E-state index in [2.05, 4.69) is 4.74 Å². The van der Waals surface area contributed by atoms with Crippen LogP contribution in [0.15, 0.2) is 24.3 Å². The van der Waals surface area contributed by atoms with Gasteiger partial charge < -0.3 is 4.74 Å². The maximum atomic E-state index is 12.1. The third-order valence-corrected chi connectivity index (χ3v) is 1.81. The van der Waals surface area contributed by atoms with Crippen LogP contribution in [0.25, 0.3) is 0 Å². The lowest BCUT2D eigenvalue weighted by molar-refractivity contribution is -0.139. The molecule has 14 heavy (non-hydrogen) atoms.